The molecule has 0 atom stereocenters. The third-order valence-corrected chi connectivity index (χ3v) is 2.20. The molecule has 102 valence electrons. The lowest BCUT2D eigenvalue weighted by atomic mass is 10.3. The van der Waals surface area contributed by atoms with Crippen LogP contribution in [0, 0.1) is 0 Å². The molecule has 0 amide bonds. The lowest BCUT2D eigenvalue weighted by Gasteiger charge is -2.07. The smallest absolute Gasteiger partial charge is 0.358 e. The van der Waals surface area contributed by atoms with E-state index in [4.69, 9.17) is 19.3 Å². The fourth-order valence-electron chi connectivity index (χ4n) is 1.35. The molecule has 0 spiro atoms. The number of carboxylic acid groups (broad SMARTS) is 1. The maximum absolute atomic E-state index is 10.9. The van der Waals surface area contributed by atoms with Crippen molar-refractivity contribution in [2.24, 2.45) is 0 Å². The molecule has 0 aliphatic rings. The van der Waals surface area contributed by atoms with E-state index in [2.05, 4.69) is 10.3 Å². The van der Waals surface area contributed by atoms with Crippen LogP contribution < -0.4 is 0 Å². The highest BCUT2D eigenvalue weighted by Gasteiger charge is 2.18. The number of aromatic nitrogens is 3. The van der Waals surface area contributed by atoms with E-state index in [1.807, 2.05) is 0 Å². The van der Waals surface area contributed by atoms with Gasteiger partial charge in [0.15, 0.2) is 5.69 Å². The minimum Gasteiger partial charge on any atom is -0.476 e. The van der Waals surface area contributed by atoms with Gasteiger partial charge in [0.1, 0.15) is 0 Å². The fourth-order valence-corrected chi connectivity index (χ4v) is 1.35. The van der Waals surface area contributed by atoms with Crippen LogP contribution in [0.5, 0.6) is 0 Å². The number of carboxylic acids is 1. The zero-order chi connectivity index (χ0) is 13.4. The molecular weight excluding hydrogens is 242 g/mol. The molecule has 0 fully saturated rings. The van der Waals surface area contributed by atoms with Crippen molar-refractivity contribution in [1.29, 1.82) is 0 Å². The average molecular weight is 259 g/mol. The number of hydrogen-bond donors (Lipinski definition) is 1. The van der Waals surface area contributed by atoms with Gasteiger partial charge in [0.25, 0.3) is 0 Å². The standard InChI is InChI=1S/C10H17N3O5/c1-16-5-6-18-4-3-13-8(7-17-2)9(10(14)15)11-12-13/h3-7H2,1-2H3,(H,14,15). The Balaban J connectivity index is 2.56. The van der Waals surface area contributed by atoms with Crippen LogP contribution in [0.1, 0.15) is 16.2 Å². The summed E-state index contributed by atoms with van der Waals surface area (Å²) in [5.41, 5.74) is 0.342. The molecule has 1 heterocycles. The molecular formula is C10H17N3O5. The van der Waals surface area contributed by atoms with Crippen LogP contribution in [0.25, 0.3) is 0 Å². The van der Waals surface area contributed by atoms with Gasteiger partial charge in [-0.25, -0.2) is 9.48 Å². The Labute approximate surface area is 104 Å². The molecule has 0 saturated carbocycles. The molecule has 0 saturated heterocycles. The minimum absolute atomic E-state index is 0.0891. The Bertz CT molecular complexity index is 380. The van der Waals surface area contributed by atoms with E-state index < -0.39 is 5.97 Å². The first-order chi connectivity index (χ1) is 8.70. The summed E-state index contributed by atoms with van der Waals surface area (Å²) in [6, 6.07) is 0. The number of rotatable bonds is 9. The molecule has 0 aromatic carbocycles. The van der Waals surface area contributed by atoms with Gasteiger partial charge in [-0.05, 0) is 0 Å². The number of hydrogen-bond acceptors (Lipinski definition) is 6. The lowest BCUT2D eigenvalue weighted by Crippen LogP contribution is -2.14. The van der Waals surface area contributed by atoms with Crippen LogP contribution in [0.4, 0.5) is 0 Å². The first-order valence-corrected chi connectivity index (χ1v) is 5.42. The fraction of sp³-hybridized carbons (Fsp3) is 0.700. The summed E-state index contributed by atoms with van der Waals surface area (Å²) in [6.07, 6.45) is 0. The Morgan fingerprint density at radius 2 is 2.06 bits per heavy atom. The molecule has 1 N–H and O–H groups in total. The molecule has 8 heteroatoms. The van der Waals surface area contributed by atoms with Crippen LogP contribution >= 0.6 is 0 Å². The van der Waals surface area contributed by atoms with Crippen molar-refractivity contribution in [2.75, 3.05) is 34.0 Å². The van der Waals surface area contributed by atoms with E-state index in [-0.39, 0.29) is 12.3 Å². The summed E-state index contributed by atoms with van der Waals surface area (Å²) in [7, 11) is 3.08. The number of ether oxygens (including phenoxy) is 3. The normalized spacial score (nSPS) is 10.8. The van der Waals surface area contributed by atoms with Crippen molar-refractivity contribution < 1.29 is 24.1 Å². The average Bonchev–Trinajstić information content (AvgIpc) is 2.73. The maximum Gasteiger partial charge on any atom is 0.358 e. The number of aromatic carboxylic acids is 1. The second kappa shape index (κ2) is 7.75. The molecule has 18 heavy (non-hydrogen) atoms. The van der Waals surface area contributed by atoms with Gasteiger partial charge >= 0.3 is 5.97 Å². The summed E-state index contributed by atoms with van der Waals surface area (Å²) in [5, 5.41) is 16.3. The molecule has 8 nitrogen and oxygen atoms in total. The third kappa shape index (κ3) is 4.06. The Morgan fingerprint density at radius 3 is 2.67 bits per heavy atom. The van der Waals surface area contributed by atoms with Crippen molar-refractivity contribution in [1.82, 2.24) is 15.0 Å². The predicted molar refractivity (Wildman–Crippen MR) is 60.4 cm³/mol. The molecule has 0 bridgehead atoms. The number of nitrogens with zero attached hydrogens (tertiary/aromatic N) is 3. The van der Waals surface area contributed by atoms with Crippen molar-refractivity contribution in [3.8, 4) is 0 Å². The van der Waals surface area contributed by atoms with E-state index in [0.717, 1.165) is 0 Å². The number of carbonyl (C=O) groups is 1. The summed E-state index contributed by atoms with van der Waals surface area (Å²) < 4.78 is 16.5. The highest BCUT2D eigenvalue weighted by molar-refractivity contribution is 5.86. The summed E-state index contributed by atoms with van der Waals surface area (Å²) in [4.78, 5) is 10.9. The molecule has 1 aromatic rings. The van der Waals surface area contributed by atoms with Crippen LogP contribution in [-0.4, -0.2) is 60.1 Å². The van der Waals surface area contributed by atoms with E-state index in [9.17, 15) is 4.79 Å². The van der Waals surface area contributed by atoms with E-state index in [1.165, 1.54) is 11.8 Å². The highest BCUT2D eigenvalue weighted by Crippen LogP contribution is 2.07. The van der Waals surface area contributed by atoms with Crippen molar-refractivity contribution in [3.63, 3.8) is 0 Å². The van der Waals surface area contributed by atoms with Gasteiger partial charge in [0.2, 0.25) is 0 Å². The van der Waals surface area contributed by atoms with Crippen LogP contribution in [0.2, 0.25) is 0 Å². The van der Waals surface area contributed by atoms with Gasteiger partial charge in [-0.2, -0.15) is 0 Å². The summed E-state index contributed by atoms with van der Waals surface area (Å²) in [5.74, 6) is -1.12. The monoisotopic (exact) mass is 259 g/mol. The Hall–Kier alpha value is -1.51. The lowest BCUT2D eigenvalue weighted by molar-refractivity contribution is 0.0637. The second-order valence-corrected chi connectivity index (χ2v) is 3.45. The predicted octanol–water partition coefficient (Wildman–Crippen LogP) is -0.214. The second-order valence-electron chi connectivity index (χ2n) is 3.45. The molecule has 0 unspecified atom stereocenters. The van der Waals surface area contributed by atoms with Gasteiger partial charge in [0, 0.05) is 14.2 Å². The van der Waals surface area contributed by atoms with Gasteiger partial charge in [-0.15, -0.1) is 5.10 Å². The molecule has 0 radical (unpaired) electrons. The van der Waals surface area contributed by atoms with Gasteiger partial charge < -0.3 is 19.3 Å². The SMILES string of the molecule is COCCOCCn1nnc(C(=O)O)c1COC. The van der Waals surface area contributed by atoms with E-state index in [0.29, 0.717) is 32.1 Å². The van der Waals surface area contributed by atoms with Crippen molar-refractivity contribution >= 4 is 5.97 Å². The summed E-state index contributed by atoms with van der Waals surface area (Å²) >= 11 is 0. The first kappa shape index (κ1) is 14.6. The van der Waals surface area contributed by atoms with Crippen LogP contribution in [0.15, 0.2) is 0 Å². The van der Waals surface area contributed by atoms with Crippen LogP contribution in [0.3, 0.4) is 0 Å². The third-order valence-electron chi connectivity index (χ3n) is 2.20. The highest BCUT2D eigenvalue weighted by atomic mass is 16.5. The molecule has 1 rings (SSSR count). The Kier molecular flexibility index (Phi) is 6.26. The largest absolute Gasteiger partial charge is 0.476 e. The topological polar surface area (TPSA) is 95.7 Å². The minimum atomic E-state index is -1.12. The van der Waals surface area contributed by atoms with Crippen molar-refractivity contribution in [3.05, 3.63) is 11.4 Å². The molecule has 0 aliphatic carbocycles. The zero-order valence-corrected chi connectivity index (χ0v) is 10.5. The Morgan fingerprint density at radius 1 is 1.28 bits per heavy atom. The molecule has 1 aromatic heterocycles. The van der Waals surface area contributed by atoms with Gasteiger partial charge in [-0.3, -0.25) is 0 Å². The zero-order valence-electron chi connectivity index (χ0n) is 10.5. The van der Waals surface area contributed by atoms with E-state index in [1.54, 1.807) is 7.11 Å². The van der Waals surface area contributed by atoms with Crippen molar-refractivity contribution in [2.45, 2.75) is 13.2 Å². The van der Waals surface area contributed by atoms with Gasteiger partial charge in [-0.1, -0.05) is 5.21 Å². The van der Waals surface area contributed by atoms with E-state index >= 15 is 0 Å². The number of methoxy groups -OCH3 is 2. The maximum atomic E-state index is 10.9. The van der Waals surface area contributed by atoms with Gasteiger partial charge in [0.05, 0.1) is 38.7 Å². The van der Waals surface area contributed by atoms with Crippen LogP contribution in [-0.2, 0) is 27.4 Å². The molecule has 0 aliphatic heterocycles. The first-order valence-electron chi connectivity index (χ1n) is 5.42. The summed E-state index contributed by atoms with van der Waals surface area (Å²) in [6.45, 7) is 1.97. The quantitative estimate of drug-likeness (QED) is 0.613.